The third kappa shape index (κ3) is 4.79. The minimum atomic E-state index is -0.387. The topological polar surface area (TPSA) is 23.5 Å². The number of hydrogen-bond acceptors (Lipinski definition) is 2. The average Bonchev–Trinajstić information content (AvgIpc) is 2.26. The first-order valence-corrected chi connectivity index (χ1v) is 6.91. The maximum atomic E-state index is 10.3. The highest BCUT2D eigenvalue weighted by Gasteiger charge is 2.13. The number of aryl methyl sites for hydroxylation is 2. The van der Waals surface area contributed by atoms with Crippen molar-refractivity contribution >= 4 is 0 Å². The SMILES string of the molecule is CCN(CC(C)C)CC(O)c1cc(C)cc(C)c1. The van der Waals surface area contributed by atoms with E-state index in [1.54, 1.807) is 0 Å². The molecule has 2 heteroatoms. The fraction of sp³-hybridized carbons (Fsp3) is 0.625. The number of rotatable bonds is 6. The first-order valence-electron chi connectivity index (χ1n) is 6.91. The summed E-state index contributed by atoms with van der Waals surface area (Å²) in [6.07, 6.45) is -0.387. The van der Waals surface area contributed by atoms with Crippen LogP contribution in [0.5, 0.6) is 0 Å². The van der Waals surface area contributed by atoms with E-state index in [0.717, 1.165) is 25.2 Å². The predicted molar refractivity (Wildman–Crippen MR) is 77.8 cm³/mol. The highest BCUT2D eigenvalue weighted by molar-refractivity contribution is 5.30. The Morgan fingerprint density at radius 1 is 1.06 bits per heavy atom. The molecule has 0 aliphatic rings. The Bertz CT molecular complexity index is 353. The van der Waals surface area contributed by atoms with Gasteiger partial charge in [0, 0.05) is 13.1 Å². The molecule has 0 amide bonds. The molecule has 18 heavy (non-hydrogen) atoms. The van der Waals surface area contributed by atoms with Crippen LogP contribution in [0.15, 0.2) is 18.2 Å². The van der Waals surface area contributed by atoms with Crippen molar-refractivity contribution in [2.24, 2.45) is 5.92 Å². The Kier molecular flexibility index (Phi) is 5.83. The van der Waals surface area contributed by atoms with Gasteiger partial charge in [0.25, 0.3) is 0 Å². The molecule has 0 fully saturated rings. The number of benzene rings is 1. The van der Waals surface area contributed by atoms with Gasteiger partial charge in [-0.05, 0) is 31.9 Å². The Balaban J connectivity index is 2.71. The van der Waals surface area contributed by atoms with Crippen LogP contribution in [-0.4, -0.2) is 29.6 Å². The summed E-state index contributed by atoms with van der Waals surface area (Å²) in [7, 11) is 0. The number of hydrogen-bond donors (Lipinski definition) is 1. The second-order valence-electron chi connectivity index (χ2n) is 5.68. The second-order valence-corrected chi connectivity index (χ2v) is 5.68. The van der Waals surface area contributed by atoms with Gasteiger partial charge in [-0.1, -0.05) is 50.1 Å². The molecule has 1 aromatic rings. The van der Waals surface area contributed by atoms with Gasteiger partial charge in [-0.2, -0.15) is 0 Å². The number of nitrogens with zero attached hydrogens (tertiary/aromatic N) is 1. The van der Waals surface area contributed by atoms with E-state index in [1.807, 2.05) is 0 Å². The van der Waals surface area contributed by atoms with Crippen molar-refractivity contribution in [2.45, 2.75) is 40.7 Å². The fourth-order valence-electron chi connectivity index (χ4n) is 2.40. The molecule has 2 nitrogen and oxygen atoms in total. The van der Waals surface area contributed by atoms with Crippen molar-refractivity contribution in [3.8, 4) is 0 Å². The minimum Gasteiger partial charge on any atom is -0.387 e. The van der Waals surface area contributed by atoms with Crippen molar-refractivity contribution in [1.82, 2.24) is 4.90 Å². The molecular weight excluding hydrogens is 222 g/mol. The van der Waals surface area contributed by atoms with E-state index in [4.69, 9.17) is 0 Å². The van der Waals surface area contributed by atoms with Crippen molar-refractivity contribution in [1.29, 1.82) is 0 Å². The Labute approximate surface area is 112 Å². The summed E-state index contributed by atoms with van der Waals surface area (Å²) in [5.41, 5.74) is 3.47. The quantitative estimate of drug-likeness (QED) is 0.836. The lowest BCUT2D eigenvalue weighted by atomic mass is 10.0. The zero-order valence-corrected chi connectivity index (χ0v) is 12.4. The molecule has 0 heterocycles. The van der Waals surface area contributed by atoms with Crippen LogP contribution in [0.3, 0.4) is 0 Å². The lowest BCUT2D eigenvalue weighted by Crippen LogP contribution is -2.31. The van der Waals surface area contributed by atoms with E-state index in [9.17, 15) is 5.11 Å². The summed E-state index contributed by atoms with van der Waals surface area (Å²) < 4.78 is 0. The molecule has 102 valence electrons. The van der Waals surface area contributed by atoms with Crippen LogP contribution in [0.1, 0.15) is 43.6 Å². The summed E-state index contributed by atoms with van der Waals surface area (Å²) in [5, 5.41) is 10.3. The molecule has 1 unspecified atom stereocenters. The molecule has 1 rings (SSSR count). The second kappa shape index (κ2) is 6.91. The van der Waals surface area contributed by atoms with Crippen LogP contribution in [0, 0.1) is 19.8 Å². The Hall–Kier alpha value is -0.860. The van der Waals surface area contributed by atoms with Crippen LogP contribution < -0.4 is 0 Å². The molecular formula is C16H27NO. The molecule has 1 N–H and O–H groups in total. The standard InChI is InChI=1S/C16H27NO/c1-6-17(10-12(2)3)11-16(18)15-8-13(4)7-14(5)9-15/h7-9,12,16,18H,6,10-11H2,1-5H3. The lowest BCUT2D eigenvalue weighted by molar-refractivity contribution is 0.109. The van der Waals surface area contributed by atoms with Gasteiger partial charge >= 0.3 is 0 Å². The first kappa shape index (κ1) is 15.2. The average molecular weight is 249 g/mol. The molecule has 0 spiro atoms. The Morgan fingerprint density at radius 2 is 1.61 bits per heavy atom. The third-order valence-corrected chi connectivity index (χ3v) is 3.13. The number of likely N-dealkylation sites (N-methyl/N-ethyl adjacent to an activating group) is 1. The highest BCUT2D eigenvalue weighted by atomic mass is 16.3. The zero-order valence-electron chi connectivity index (χ0n) is 12.4. The molecule has 1 atom stereocenters. The molecule has 0 saturated heterocycles. The largest absolute Gasteiger partial charge is 0.387 e. The van der Waals surface area contributed by atoms with Crippen LogP contribution in [0.25, 0.3) is 0 Å². The van der Waals surface area contributed by atoms with Gasteiger partial charge in [0.2, 0.25) is 0 Å². The lowest BCUT2D eigenvalue weighted by Gasteiger charge is -2.25. The molecule has 0 saturated carbocycles. The van der Waals surface area contributed by atoms with Crippen molar-refractivity contribution in [3.05, 3.63) is 34.9 Å². The van der Waals surface area contributed by atoms with Crippen LogP contribution in [0.2, 0.25) is 0 Å². The fourth-order valence-corrected chi connectivity index (χ4v) is 2.40. The van der Waals surface area contributed by atoms with Crippen molar-refractivity contribution in [3.63, 3.8) is 0 Å². The predicted octanol–water partition coefficient (Wildman–Crippen LogP) is 3.31. The zero-order chi connectivity index (χ0) is 13.7. The van der Waals surface area contributed by atoms with Crippen molar-refractivity contribution < 1.29 is 5.11 Å². The van der Waals surface area contributed by atoms with Gasteiger partial charge in [-0.15, -0.1) is 0 Å². The highest BCUT2D eigenvalue weighted by Crippen LogP contribution is 2.18. The summed E-state index contributed by atoms with van der Waals surface area (Å²) in [6.45, 7) is 13.5. The molecule has 0 aliphatic carbocycles. The maximum absolute atomic E-state index is 10.3. The van der Waals surface area contributed by atoms with E-state index in [1.165, 1.54) is 11.1 Å². The van der Waals surface area contributed by atoms with Gasteiger partial charge in [0.15, 0.2) is 0 Å². The van der Waals surface area contributed by atoms with Gasteiger partial charge in [0.1, 0.15) is 0 Å². The number of aliphatic hydroxyl groups excluding tert-OH is 1. The maximum Gasteiger partial charge on any atom is 0.0917 e. The monoisotopic (exact) mass is 249 g/mol. The number of aliphatic hydroxyl groups is 1. The van der Waals surface area contributed by atoms with E-state index < -0.39 is 0 Å². The minimum absolute atomic E-state index is 0.387. The summed E-state index contributed by atoms with van der Waals surface area (Å²) in [4.78, 5) is 2.31. The summed E-state index contributed by atoms with van der Waals surface area (Å²) in [6, 6.07) is 6.31. The van der Waals surface area contributed by atoms with Crippen molar-refractivity contribution in [2.75, 3.05) is 19.6 Å². The molecule has 0 aliphatic heterocycles. The van der Waals surface area contributed by atoms with Gasteiger partial charge < -0.3 is 10.0 Å². The van der Waals surface area contributed by atoms with Gasteiger partial charge in [0.05, 0.1) is 6.10 Å². The first-order chi connectivity index (χ1) is 8.42. The molecule has 0 aromatic heterocycles. The molecule has 0 bridgehead atoms. The molecule has 1 aromatic carbocycles. The van der Waals surface area contributed by atoms with E-state index >= 15 is 0 Å². The van der Waals surface area contributed by atoms with E-state index in [-0.39, 0.29) is 6.10 Å². The smallest absolute Gasteiger partial charge is 0.0917 e. The molecule has 0 radical (unpaired) electrons. The van der Waals surface area contributed by atoms with E-state index in [0.29, 0.717) is 5.92 Å². The van der Waals surface area contributed by atoms with Crippen LogP contribution >= 0.6 is 0 Å². The van der Waals surface area contributed by atoms with Crippen LogP contribution in [0.4, 0.5) is 0 Å². The van der Waals surface area contributed by atoms with Gasteiger partial charge in [-0.25, -0.2) is 0 Å². The van der Waals surface area contributed by atoms with Gasteiger partial charge in [-0.3, -0.25) is 0 Å². The van der Waals surface area contributed by atoms with Crippen LogP contribution in [-0.2, 0) is 0 Å². The normalized spacial score (nSPS) is 13.3. The summed E-state index contributed by atoms with van der Waals surface area (Å²) >= 11 is 0. The third-order valence-electron chi connectivity index (χ3n) is 3.13. The summed E-state index contributed by atoms with van der Waals surface area (Å²) in [5.74, 6) is 0.636. The van der Waals surface area contributed by atoms with E-state index in [2.05, 4.69) is 57.7 Å². The Morgan fingerprint density at radius 3 is 2.06 bits per heavy atom.